The van der Waals surface area contributed by atoms with Crippen molar-refractivity contribution in [2.45, 2.75) is 71.6 Å². The molecule has 7 nitrogen and oxygen atoms in total. The van der Waals surface area contributed by atoms with Gasteiger partial charge >= 0.3 is 11.9 Å². The fraction of sp³-hybridized carbons (Fsp3) is 0.824. The van der Waals surface area contributed by atoms with Gasteiger partial charge in [0.15, 0.2) is 0 Å². The Morgan fingerprint density at radius 3 is 2.46 bits per heavy atom. The summed E-state index contributed by atoms with van der Waals surface area (Å²) in [6.45, 7) is 7.74. The normalized spacial score (nSPS) is 32.9. The molecule has 2 rings (SSSR count). The first-order valence-electron chi connectivity index (χ1n) is 8.45. The van der Waals surface area contributed by atoms with Crippen LogP contribution in [0.1, 0.15) is 53.4 Å². The molecule has 4 N–H and O–H groups in total. The number of amides is 1. The Kier molecular flexibility index (Phi) is 4.95. The Bertz CT molecular complexity index is 542. The molecule has 136 valence electrons. The fourth-order valence-electron chi connectivity index (χ4n) is 4.38. The van der Waals surface area contributed by atoms with E-state index in [9.17, 15) is 14.4 Å². The van der Waals surface area contributed by atoms with Crippen LogP contribution in [0.4, 0.5) is 0 Å². The average Bonchev–Trinajstić information content (AvgIpc) is 2.94. The number of esters is 1. The van der Waals surface area contributed by atoms with Crippen LogP contribution in [0.15, 0.2) is 0 Å². The average molecular weight is 340 g/mol. The van der Waals surface area contributed by atoms with Gasteiger partial charge in [-0.15, -0.1) is 0 Å². The minimum absolute atomic E-state index is 0.00595. The molecule has 2 aliphatic carbocycles. The molecule has 0 aromatic heterocycles. The van der Waals surface area contributed by atoms with Gasteiger partial charge in [0.2, 0.25) is 5.91 Å². The van der Waals surface area contributed by atoms with Crippen LogP contribution in [0.25, 0.3) is 0 Å². The van der Waals surface area contributed by atoms with Gasteiger partial charge in [-0.1, -0.05) is 20.8 Å². The maximum absolute atomic E-state index is 12.2. The summed E-state index contributed by atoms with van der Waals surface area (Å²) in [6.07, 6.45) is 2.82. The van der Waals surface area contributed by atoms with Crippen molar-refractivity contribution in [1.82, 2.24) is 5.32 Å². The van der Waals surface area contributed by atoms with Crippen LogP contribution < -0.4 is 11.1 Å². The number of ether oxygens (including phenoxy) is 1. The largest absolute Gasteiger partial charge is 0.480 e. The third-order valence-corrected chi connectivity index (χ3v) is 5.84. The van der Waals surface area contributed by atoms with Crippen molar-refractivity contribution in [2.24, 2.45) is 22.5 Å². The molecule has 0 heterocycles. The SMILES string of the molecule is C[C@@H](NC(=O)[C@@H](N)CC(=O)OC1C2(C)CCC(C2)C1(C)C)C(=O)O. The highest BCUT2D eigenvalue weighted by Crippen LogP contribution is 2.63. The number of carbonyl (C=O) groups excluding carboxylic acids is 2. The Balaban J connectivity index is 1.91. The van der Waals surface area contributed by atoms with Crippen LogP contribution in [-0.2, 0) is 19.1 Å². The van der Waals surface area contributed by atoms with E-state index in [4.69, 9.17) is 15.6 Å². The Morgan fingerprint density at radius 2 is 1.96 bits per heavy atom. The molecule has 7 heteroatoms. The zero-order chi connectivity index (χ0) is 18.3. The molecule has 0 aromatic carbocycles. The second-order valence-corrected chi connectivity index (χ2v) is 8.16. The van der Waals surface area contributed by atoms with Crippen molar-refractivity contribution in [1.29, 1.82) is 0 Å². The number of hydrogen-bond acceptors (Lipinski definition) is 5. The molecule has 0 saturated heterocycles. The molecular formula is C17H28N2O5. The first kappa shape index (κ1) is 18.7. The number of nitrogens with two attached hydrogens (primary N) is 1. The summed E-state index contributed by atoms with van der Waals surface area (Å²) in [5, 5.41) is 11.0. The molecular weight excluding hydrogens is 312 g/mol. The summed E-state index contributed by atoms with van der Waals surface area (Å²) in [6, 6.07) is -2.17. The van der Waals surface area contributed by atoms with Gasteiger partial charge in [-0.25, -0.2) is 0 Å². The molecule has 2 saturated carbocycles. The van der Waals surface area contributed by atoms with Gasteiger partial charge in [-0.3, -0.25) is 14.4 Å². The van der Waals surface area contributed by atoms with E-state index in [2.05, 4.69) is 26.1 Å². The van der Waals surface area contributed by atoms with Crippen molar-refractivity contribution in [3.05, 3.63) is 0 Å². The predicted molar refractivity (Wildman–Crippen MR) is 86.9 cm³/mol. The Labute approximate surface area is 142 Å². The summed E-state index contributed by atoms with van der Waals surface area (Å²) >= 11 is 0. The second kappa shape index (κ2) is 6.35. The van der Waals surface area contributed by atoms with Crippen molar-refractivity contribution < 1.29 is 24.2 Å². The maximum Gasteiger partial charge on any atom is 0.325 e. The number of aliphatic carboxylic acids is 1. The Morgan fingerprint density at radius 1 is 1.33 bits per heavy atom. The smallest absolute Gasteiger partial charge is 0.325 e. The minimum Gasteiger partial charge on any atom is -0.480 e. The highest BCUT2D eigenvalue weighted by molar-refractivity contribution is 5.89. The lowest BCUT2D eigenvalue weighted by molar-refractivity contribution is -0.165. The lowest BCUT2D eigenvalue weighted by Gasteiger charge is -2.41. The van der Waals surface area contributed by atoms with E-state index in [0.29, 0.717) is 5.92 Å². The van der Waals surface area contributed by atoms with Crippen LogP contribution in [0.3, 0.4) is 0 Å². The molecule has 2 bridgehead atoms. The van der Waals surface area contributed by atoms with E-state index >= 15 is 0 Å². The molecule has 5 atom stereocenters. The summed E-state index contributed by atoms with van der Waals surface area (Å²) in [4.78, 5) is 34.8. The third-order valence-electron chi connectivity index (χ3n) is 5.84. The fourth-order valence-corrected chi connectivity index (χ4v) is 4.38. The predicted octanol–water partition coefficient (Wildman–Crippen LogP) is 1.05. The van der Waals surface area contributed by atoms with Crippen LogP contribution in [0.5, 0.6) is 0 Å². The number of rotatable bonds is 6. The van der Waals surface area contributed by atoms with E-state index in [1.807, 2.05) is 0 Å². The van der Waals surface area contributed by atoms with Crippen LogP contribution in [0.2, 0.25) is 0 Å². The van der Waals surface area contributed by atoms with E-state index in [1.54, 1.807) is 0 Å². The number of nitrogens with one attached hydrogen (secondary N) is 1. The molecule has 3 unspecified atom stereocenters. The molecule has 1 amide bonds. The lowest BCUT2D eigenvalue weighted by Crippen LogP contribution is -2.49. The van der Waals surface area contributed by atoms with Gasteiger partial charge in [0.25, 0.3) is 0 Å². The van der Waals surface area contributed by atoms with Crippen LogP contribution in [-0.4, -0.2) is 41.1 Å². The standard InChI is InChI=1S/C17H28N2O5/c1-9(14(22)23)19-13(21)11(18)7-12(20)24-15-16(2,3)10-5-6-17(15,4)8-10/h9-11,15H,5-8,18H2,1-4H3,(H,19,21)(H,22,23)/t9-,10?,11+,15?,17?/m1/s1. The Hall–Kier alpha value is -1.63. The summed E-state index contributed by atoms with van der Waals surface area (Å²) in [7, 11) is 0. The maximum atomic E-state index is 12.2. The summed E-state index contributed by atoms with van der Waals surface area (Å²) in [5.74, 6) is -1.78. The molecule has 24 heavy (non-hydrogen) atoms. The van der Waals surface area contributed by atoms with Gasteiger partial charge in [-0.05, 0) is 32.1 Å². The first-order chi connectivity index (χ1) is 11.0. The molecule has 0 aliphatic heterocycles. The molecule has 0 radical (unpaired) electrons. The lowest BCUT2D eigenvalue weighted by atomic mass is 9.70. The molecule has 0 spiro atoms. The summed E-state index contributed by atoms with van der Waals surface area (Å²) < 4.78 is 5.72. The topological polar surface area (TPSA) is 119 Å². The zero-order valence-corrected chi connectivity index (χ0v) is 14.8. The highest BCUT2D eigenvalue weighted by Gasteiger charge is 2.61. The van der Waals surface area contributed by atoms with Gasteiger partial charge in [0.1, 0.15) is 12.1 Å². The van der Waals surface area contributed by atoms with Gasteiger partial charge in [0.05, 0.1) is 12.5 Å². The number of fused-ring (bicyclic) bond motifs is 2. The third kappa shape index (κ3) is 3.41. The number of carboxylic acid groups (broad SMARTS) is 1. The second-order valence-electron chi connectivity index (χ2n) is 8.16. The van der Waals surface area contributed by atoms with Crippen molar-refractivity contribution in [2.75, 3.05) is 0 Å². The summed E-state index contributed by atoms with van der Waals surface area (Å²) in [5.41, 5.74) is 5.63. The van der Waals surface area contributed by atoms with E-state index in [-0.39, 0.29) is 23.4 Å². The zero-order valence-electron chi connectivity index (χ0n) is 14.8. The van der Waals surface area contributed by atoms with Gasteiger partial charge in [-0.2, -0.15) is 0 Å². The van der Waals surface area contributed by atoms with Crippen molar-refractivity contribution in [3.8, 4) is 0 Å². The van der Waals surface area contributed by atoms with Crippen LogP contribution >= 0.6 is 0 Å². The first-order valence-corrected chi connectivity index (χ1v) is 8.45. The number of hydrogen-bond donors (Lipinski definition) is 3. The quantitative estimate of drug-likeness (QED) is 0.622. The highest BCUT2D eigenvalue weighted by atomic mass is 16.5. The van der Waals surface area contributed by atoms with Crippen molar-refractivity contribution in [3.63, 3.8) is 0 Å². The van der Waals surface area contributed by atoms with Crippen LogP contribution in [0, 0.1) is 16.7 Å². The minimum atomic E-state index is -1.16. The van der Waals surface area contributed by atoms with Gasteiger partial charge in [0, 0.05) is 10.8 Å². The van der Waals surface area contributed by atoms with E-state index < -0.39 is 29.9 Å². The van der Waals surface area contributed by atoms with Crippen molar-refractivity contribution >= 4 is 17.8 Å². The van der Waals surface area contributed by atoms with E-state index in [1.165, 1.54) is 6.92 Å². The number of carboxylic acids is 1. The molecule has 0 aromatic rings. The van der Waals surface area contributed by atoms with E-state index in [0.717, 1.165) is 19.3 Å². The molecule has 2 fully saturated rings. The number of carbonyl (C=O) groups is 3. The van der Waals surface area contributed by atoms with Gasteiger partial charge < -0.3 is 20.9 Å². The molecule has 2 aliphatic rings. The monoisotopic (exact) mass is 340 g/mol.